The minimum Gasteiger partial charge on any atom is -0.484 e. The zero-order valence-electron chi connectivity index (χ0n) is 20.6. The molecule has 1 aliphatic rings. The smallest absolute Gasteiger partial charge is 0.282 e. The molecule has 7 nitrogen and oxygen atoms in total. The average molecular weight is 594 g/mol. The van der Waals surface area contributed by atoms with Crippen LogP contribution in [0.2, 0.25) is 5.02 Å². The Hall–Kier alpha value is -3.49. The molecule has 9 heteroatoms. The van der Waals surface area contributed by atoms with Crippen LogP contribution in [-0.4, -0.2) is 28.4 Å². The van der Waals surface area contributed by atoms with Crippen molar-refractivity contribution in [1.29, 1.82) is 0 Å². The maximum absolute atomic E-state index is 13.4. The number of fused-ring (bicyclic) bond motifs is 1. The molecule has 5 rings (SSSR count). The van der Waals surface area contributed by atoms with Gasteiger partial charge in [0.2, 0.25) is 0 Å². The first-order valence-corrected chi connectivity index (χ1v) is 13.7. The summed E-state index contributed by atoms with van der Waals surface area (Å²) in [5, 5.41) is 8.46. The molecule has 0 bridgehead atoms. The van der Waals surface area contributed by atoms with Crippen molar-refractivity contribution in [3.8, 4) is 5.75 Å². The van der Waals surface area contributed by atoms with E-state index >= 15 is 0 Å². The van der Waals surface area contributed by atoms with Crippen molar-refractivity contribution in [2.75, 3.05) is 11.9 Å². The molecule has 1 fully saturated rings. The summed E-state index contributed by atoms with van der Waals surface area (Å²) in [4.78, 5) is 30.5. The number of anilines is 1. The molecule has 0 atom stereocenters. The largest absolute Gasteiger partial charge is 0.484 e. The Morgan fingerprint density at radius 1 is 1.08 bits per heavy atom. The van der Waals surface area contributed by atoms with Crippen LogP contribution in [0.4, 0.5) is 5.69 Å². The van der Waals surface area contributed by atoms with E-state index < -0.39 is 0 Å². The van der Waals surface area contributed by atoms with Gasteiger partial charge in [-0.2, -0.15) is 9.78 Å². The average Bonchev–Trinajstić information content (AvgIpc) is 2.94. The van der Waals surface area contributed by atoms with Crippen molar-refractivity contribution in [1.82, 2.24) is 9.66 Å². The summed E-state index contributed by atoms with van der Waals surface area (Å²) in [5.41, 5.74) is 1.94. The normalized spacial score (nSPS) is 14.2. The lowest BCUT2D eigenvalue weighted by molar-refractivity contribution is -0.118. The van der Waals surface area contributed by atoms with Crippen LogP contribution in [-0.2, 0) is 4.79 Å². The summed E-state index contributed by atoms with van der Waals surface area (Å²) in [6, 6.07) is 19.6. The molecule has 1 aliphatic carbocycles. The van der Waals surface area contributed by atoms with Crippen molar-refractivity contribution >= 4 is 56.2 Å². The molecule has 1 N–H and O–H groups in total. The number of amides is 1. The number of hydrogen-bond donors (Lipinski definition) is 1. The van der Waals surface area contributed by atoms with E-state index in [2.05, 4.69) is 26.3 Å². The topological polar surface area (TPSA) is 85.6 Å². The van der Waals surface area contributed by atoms with E-state index in [1.54, 1.807) is 48.7 Å². The van der Waals surface area contributed by atoms with Gasteiger partial charge in [0.25, 0.3) is 11.5 Å². The van der Waals surface area contributed by atoms with Gasteiger partial charge >= 0.3 is 0 Å². The van der Waals surface area contributed by atoms with E-state index in [-0.39, 0.29) is 24.0 Å². The van der Waals surface area contributed by atoms with Crippen molar-refractivity contribution < 1.29 is 9.53 Å². The fourth-order valence-corrected chi connectivity index (χ4v) is 5.04. The van der Waals surface area contributed by atoms with Gasteiger partial charge in [-0.3, -0.25) is 9.59 Å². The Morgan fingerprint density at radius 2 is 1.82 bits per heavy atom. The highest BCUT2D eigenvalue weighted by molar-refractivity contribution is 9.10. The van der Waals surface area contributed by atoms with Crippen LogP contribution in [0.1, 0.15) is 49.4 Å². The second-order valence-corrected chi connectivity index (χ2v) is 10.6. The number of halogens is 2. The highest BCUT2D eigenvalue weighted by Crippen LogP contribution is 2.32. The fraction of sp³-hybridized carbons (Fsp3) is 0.241. The standard InChI is InChI=1S/C29H26BrClN4O3/c30-21-8-15-26-25(16-21)29(37)35(28(34-26)20-4-2-1-3-5-20)32-17-19-6-13-24(14-7-19)38-18-27(36)33-23-11-9-22(31)10-12-23/h6-17,20H,1-5,18H2,(H,33,36). The quantitative estimate of drug-likeness (QED) is 0.240. The van der Waals surface area contributed by atoms with Crippen molar-refractivity contribution in [3.63, 3.8) is 0 Å². The Kier molecular flexibility index (Phi) is 8.20. The monoisotopic (exact) mass is 592 g/mol. The Bertz CT molecular complexity index is 1530. The molecule has 1 amide bonds. The lowest BCUT2D eigenvalue weighted by atomic mass is 9.88. The van der Waals surface area contributed by atoms with Crippen LogP contribution in [0.3, 0.4) is 0 Å². The number of nitrogens with one attached hydrogen (secondary N) is 1. The number of ether oxygens (including phenoxy) is 1. The van der Waals surface area contributed by atoms with E-state index in [4.69, 9.17) is 21.3 Å². The first kappa shape index (κ1) is 26.1. The van der Waals surface area contributed by atoms with Gasteiger partial charge in [-0.05, 0) is 85.1 Å². The Morgan fingerprint density at radius 3 is 2.55 bits per heavy atom. The van der Waals surface area contributed by atoms with Crippen LogP contribution in [0.25, 0.3) is 10.9 Å². The molecule has 0 spiro atoms. The number of hydrogen-bond acceptors (Lipinski definition) is 5. The minimum absolute atomic E-state index is 0.130. The lowest BCUT2D eigenvalue weighted by Gasteiger charge is -2.22. The summed E-state index contributed by atoms with van der Waals surface area (Å²) < 4.78 is 7.88. The predicted molar refractivity (Wildman–Crippen MR) is 155 cm³/mol. The first-order chi connectivity index (χ1) is 18.5. The molecule has 1 aromatic heterocycles. The lowest BCUT2D eigenvalue weighted by Crippen LogP contribution is -2.25. The predicted octanol–water partition coefficient (Wildman–Crippen LogP) is 6.76. The first-order valence-electron chi connectivity index (χ1n) is 12.5. The molecule has 0 unspecified atom stereocenters. The van der Waals surface area contributed by atoms with Gasteiger partial charge in [0.15, 0.2) is 6.61 Å². The molecule has 0 aliphatic heterocycles. The fourth-order valence-electron chi connectivity index (χ4n) is 4.56. The molecule has 3 aromatic carbocycles. The summed E-state index contributed by atoms with van der Waals surface area (Å²) in [5.74, 6) is 1.19. The second kappa shape index (κ2) is 11.9. The third kappa shape index (κ3) is 6.31. The summed E-state index contributed by atoms with van der Waals surface area (Å²) in [6.07, 6.45) is 7.12. The minimum atomic E-state index is -0.275. The van der Waals surface area contributed by atoms with Gasteiger partial charge in [0.05, 0.1) is 17.1 Å². The molecule has 1 heterocycles. The molecular weight excluding hydrogens is 568 g/mol. The van der Waals surface area contributed by atoms with Crippen LogP contribution >= 0.6 is 27.5 Å². The van der Waals surface area contributed by atoms with Crippen molar-refractivity contribution in [3.05, 3.63) is 98.0 Å². The van der Waals surface area contributed by atoms with E-state index in [1.807, 2.05) is 24.3 Å². The highest BCUT2D eigenvalue weighted by atomic mass is 79.9. The van der Waals surface area contributed by atoms with E-state index in [0.29, 0.717) is 33.2 Å². The third-order valence-corrected chi connectivity index (χ3v) is 7.25. The summed E-state index contributed by atoms with van der Waals surface area (Å²) in [7, 11) is 0. The van der Waals surface area contributed by atoms with Gasteiger partial charge in [-0.25, -0.2) is 4.98 Å². The number of benzene rings is 3. The van der Waals surface area contributed by atoms with Gasteiger partial charge in [-0.15, -0.1) is 0 Å². The number of nitrogens with zero attached hydrogens (tertiary/aromatic N) is 3. The van der Waals surface area contributed by atoms with Crippen molar-refractivity contribution in [2.24, 2.45) is 5.10 Å². The van der Waals surface area contributed by atoms with Gasteiger partial charge < -0.3 is 10.1 Å². The van der Waals surface area contributed by atoms with Gasteiger partial charge in [0, 0.05) is 21.1 Å². The van der Waals surface area contributed by atoms with Crippen LogP contribution in [0.15, 0.2) is 81.1 Å². The van der Waals surface area contributed by atoms with Crippen LogP contribution in [0.5, 0.6) is 5.75 Å². The molecule has 4 aromatic rings. The van der Waals surface area contributed by atoms with Crippen LogP contribution in [0, 0.1) is 0 Å². The second-order valence-electron chi connectivity index (χ2n) is 9.24. The van der Waals surface area contributed by atoms with E-state index in [9.17, 15) is 9.59 Å². The van der Waals surface area contributed by atoms with Gasteiger partial charge in [-0.1, -0.05) is 46.8 Å². The summed E-state index contributed by atoms with van der Waals surface area (Å²) in [6.45, 7) is -0.130. The van der Waals surface area contributed by atoms with E-state index in [1.165, 1.54) is 11.1 Å². The summed E-state index contributed by atoms with van der Waals surface area (Å²) >= 11 is 9.32. The van der Waals surface area contributed by atoms with Gasteiger partial charge in [0.1, 0.15) is 11.6 Å². The molecule has 38 heavy (non-hydrogen) atoms. The maximum atomic E-state index is 13.4. The maximum Gasteiger partial charge on any atom is 0.282 e. The molecular formula is C29H26BrClN4O3. The molecule has 0 saturated heterocycles. The SMILES string of the molecule is O=C(COc1ccc(C=Nn2c(C3CCCCC3)nc3ccc(Br)cc3c2=O)cc1)Nc1ccc(Cl)cc1. The van der Waals surface area contributed by atoms with Crippen molar-refractivity contribution in [2.45, 2.75) is 38.0 Å². The third-order valence-electron chi connectivity index (χ3n) is 6.50. The van der Waals surface area contributed by atoms with Crippen LogP contribution < -0.4 is 15.6 Å². The zero-order chi connectivity index (χ0) is 26.5. The number of carbonyl (C=O) groups excluding carboxylic acids is 1. The zero-order valence-corrected chi connectivity index (χ0v) is 22.9. The molecule has 194 valence electrons. The number of rotatable bonds is 7. The van der Waals surface area contributed by atoms with E-state index in [0.717, 1.165) is 35.7 Å². The number of aromatic nitrogens is 2. The Balaban J connectivity index is 1.31. The molecule has 0 radical (unpaired) electrons. The Labute approximate surface area is 233 Å². The highest BCUT2D eigenvalue weighted by Gasteiger charge is 2.22. The number of carbonyl (C=O) groups is 1. The molecule has 1 saturated carbocycles.